The van der Waals surface area contributed by atoms with E-state index in [0.29, 0.717) is 17.9 Å². The summed E-state index contributed by atoms with van der Waals surface area (Å²) in [7, 11) is 4.37. The first-order valence-corrected chi connectivity index (χ1v) is 10.6. The Morgan fingerprint density at radius 2 is 1.78 bits per heavy atom. The highest BCUT2D eigenvalue weighted by Gasteiger charge is 2.30. The number of hydrogen-bond acceptors (Lipinski definition) is 2. The van der Waals surface area contributed by atoms with E-state index in [-0.39, 0.29) is 5.91 Å². The van der Waals surface area contributed by atoms with Crippen LogP contribution in [-0.4, -0.2) is 31.4 Å². The lowest BCUT2D eigenvalue weighted by Gasteiger charge is -2.37. The molecule has 0 aliphatic heterocycles. The van der Waals surface area contributed by atoms with Crippen molar-refractivity contribution in [3.05, 3.63) is 70.2 Å². The molecular weight excluding hydrogens is 400 g/mol. The maximum absolute atomic E-state index is 12.3. The maximum Gasteiger partial charge on any atom is 0.251 e. The molecule has 2 aromatic carbocycles. The van der Waals surface area contributed by atoms with Gasteiger partial charge < -0.3 is 10.2 Å². The van der Waals surface area contributed by atoms with Crippen LogP contribution >= 0.6 is 15.9 Å². The van der Waals surface area contributed by atoms with Crippen molar-refractivity contribution < 1.29 is 4.79 Å². The van der Waals surface area contributed by atoms with Crippen molar-refractivity contribution in [1.82, 2.24) is 10.2 Å². The number of carbonyl (C=O) groups is 1. The molecule has 1 amide bonds. The molecule has 0 heterocycles. The number of amides is 1. The number of rotatable bonds is 6. The third kappa shape index (κ3) is 5.43. The first-order valence-electron chi connectivity index (χ1n) is 9.79. The normalized spacial score (nSPS) is 21.0. The minimum atomic E-state index is 0.0221. The Balaban J connectivity index is 1.52. The van der Waals surface area contributed by atoms with Gasteiger partial charge in [0.05, 0.1) is 0 Å². The standard InChI is InChI=1S/C23H29BrN2O/c1-26(2)22(18-7-4-3-5-8-18)19-13-11-17(12-14-19)16-25-23(27)20-9-6-10-21(24)15-20/h3-10,15,17,19,22H,11-14,16H2,1-2H3,(H,25,27). The van der Waals surface area contributed by atoms with E-state index in [1.54, 1.807) is 0 Å². The second-order valence-electron chi connectivity index (χ2n) is 7.82. The molecule has 0 saturated heterocycles. The third-order valence-electron chi connectivity index (χ3n) is 5.67. The lowest BCUT2D eigenvalue weighted by Crippen LogP contribution is -2.34. The molecule has 0 aromatic heterocycles. The largest absolute Gasteiger partial charge is 0.352 e. The van der Waals surface area contributed by atoms with E-state index in [2.05, 4.69) is 70.6 Å². The van der Waals surface area contributed by atoms with Crippen LogP contribution < -0.4 is 5.32 Å². The van der Waals surface area contributed by atoms with Gasteiger partial charge in [-0.2, -0.15) is 0 Å². The minimum absolute atomic E-state index is 0.0221. The van der Waals surface area contributed by atoms with Crippen LogP contribution in [0.1, 0.15) is 47.6 Å². The van der Waals surface area contributed by atoms with Crippen LogP contribution in [0.4, 0.5) is 0 Å². The van der Waals surface area contributed by atoms with Gasteiger partial charge in [-0.05, 0) is 75.4 Å². The van der Waals surface area contributed by atoms with Crippen LogP contribution in [0.2, 0.25) is 0 Å². The number of halogens is 1. The summed E-state index contributed by atoms with van der Waals surface area (Å²) in [5, 5.41) is 3.12. The summed E-state index contributed by atoms with van der Waals surface area (Å²) in [6, 6.07) is 18.9. The summed E-state index contributed by atoms with van der Waals surface area (Å²) in [6.07, 6.45) is 4.80. The summed E-state index contributed by atoms with van der Waals surface area (Å²) in [4.78, 5) is 14.7. The maximum atomic E-state index is 12.3. The van der Waals surface area contributed by atoms with Gasteiger partial charge in [0.2, 0.25) is 0 Å². The molecule has 1 unspecified atom stereocenters. The zero-order valence-corrected chi connectivity index (χ0v) is 17.8. The Hall–Kier alpha value is -1.65. The molecule has 1 atom stereocenters. The lowest BCUT2D eigenvalue weighted by molar-refractivity contribution is 0.0934. The van der Waals surface area contributed by atoms with E-state index in [1.807, 2.05) is 24.3 Å². The van der Waals surface area contributed by atoms with E-state index < -0.39 is 0 Å². The van der Waals surface area contributed by atoms with Gasteiger partial charge in [0.15, 0.2) is 0 Å². The highest BCUT2D eigenvalue weighted by molar-refractivity contribution is 9.10. The van der Waals surface area contributed by atoms with Gasteiger partial charge in [-0.3, -0.25) is 4.79 Å². The predicted molar refractivity (Wildman–Crippen MR) is 115 cm³/mol. The average Bonchev–Trinajstić information content (AvgIpc) is 2.68. The second-order valence-corrected chi connectivity index (χ2v) is 8.74. The minimum Gasteiger partial charge on any atom is -0.352 e. The van der Waals surface area contributed by atoms with E-state index in [0.717, 1.165) is 16.6 Å². The smallest absolute Gasteiger partial charge is 0.251 e. The Bertz CT molecular complexity index is 739. The number of carbonyl (C=O) groups excluding carboxylic acids is 1. The molecular formula is C23H29BrN2O. The fourth-order valence-electron chi connectivity index (χ4n) is 4.32. The monoisotopic (exact) mass is 428 g/mol. The quantitative estimate of drug-likeness (QED) is 0.677. The van der Waals surface area contributed by atoms with Crippen molar-refractivity contribution in [2.24, 2.45) is 11.8 Å². The van der Waals surface area contributed by atoms with Crippen molar-refractivity contribution in [3.8, 4) is 0 Å². The Kier molecular flexibility index (Phi) is 7.08. The van der Waals surface area contributed by atoms with Gasteiger partial charge in [-0.25, -0.2) is 0 Å². The highest BCUT2D eigenvalue weighted by atomic mass is 79.9. The SMILES string of the molecule is CN(C)C(c1ccccc1)C1CCC(CNC(=O)c2cccc(Br)c2)CC1. The summed E-state index contributed by atoms with van der Waals surface area (Å²) >= 11 is 3.43. The van der Waals surface area contributed by atoms with Crippen LogP contribution in [0, 0.1) is 11.8 Å². The number of hydrogen-bond donors (Lipinski definition) is 1. The van der Waals surface area contributed by atoms with Crippen molar-refractivity contribution in [1.29, 1.82) is 0 Å². The fraction of sp³-hybridized carbons (Fsp3) is 0.435. The number of nitrogens with one attached hydrogen (secondary N) is 1. The summed E-state index contributed by atoms with van der Waals surface area (Å²) < 4.78 is 0.936. The molecule has 1 aliphatic rings. The van der Waals surface area contributed by atoms with Crippen molar-refractivity contribution in [2.75, 3.05) is 20.6 Å². The molecule has 0 radical (unpaired) electrons. The Morgan fingerprint density at radius 1 is 1.07 bits per heavy atom. The third-order valence-corrected chi connectivity index (χ3v) is 6.17. The van der Waals surface area contributed by atoms with Gasteiger partial charge >= 0.3 is 0 Å². The van der Waals surface area contributed by atoms with Crippen molar-refractivity contribution in [2.45, 2.75) is 31.7 Å². The van der Waals surface area contributed by atoms with E-state index in [4.69, 9.17) is 0 Å². The molecule has 4 heteroatoms. The van der Waals surface area contributed by atoms with E-state index >= 15 is 0 Å². The van der Waals surface area contributed by atoms with Crippen LogP contribution in [0.5, 0.6) is 0 Å². The van der Waals surface area contributed by atoms with Gasteiger partial charge in [-0.1, -0.05) is 52.3 Å². The summed E-state index contributed by atoms with van der Waals surface area (Å²) in [5.41, 5.74) is 2.13. The molecule has 144 valence electrons. The van der Waals surface area contributed by atoms with Crippen LogP contribution in [0.3, 0.4) is 0 Å². The highest BCUT2D eigenvalue weighted by Crippen LogP contribution is 2.39. The second kappa shape index (κ2) is 9.52. The molecule has 27 heavy (non-hydrogen) atoms. The zero-order valence-electron chi connectivity index (χ0n) is 16.2. The zero-order chi connectivity index (χ0) is 19.2. The molecule has 3 nitrogen and oxygen atoms in total. The van der Waals surface area contributed by atoms with Crippen molar-refractivity contribution in [3.63, 3.8) is 0 Å². The number of nitrogens with zero attached hydrogens (tertiary/aromatic N) is 1. The van der Waals surface area contributed by atoms with Gasteiger partial charge in [-0.15, -0.1) is 0 Å². The molecule has 1 fully saturated rings. The topological polar surface area (TPSA) is 32.3 Å². The van der Waals surface area contributed by atoms with Gasteiger partial charge in [0.1, 0.15) is 0 Å². The van der Waals surface area contributed by atoms with Gasteiger partial charge in [0.25, 0.3) is 5.91 Å². The molecule has 3 rings (SSSR count). The fourth-order valence-corrected chi connectivity index (χ4v) is 4.72. The summed E-state index contributed by atoms with van der Waals surface area (Å²) in [6.45, 7) is 0.774. The molecule has 1 aliphatic carbocycles. The predicted octanol–water partition coefficient (Wildman–Crippen LogP) is 5.29. The van der Waals surface area contributed by atoms with Crippen LogP contribution in [0.15, 0.2) is 59.1 Å². The Labute approximate surface area is 171 Å². The number of benzene rings is 2. The van der Waals surface area contributed by atoms with Gasteiger partial charge in [0, 0.05) is 22.6 Å². The molecule has 1 saturated carbocycles. The van der Waals surface area contributed by atoms with E-state index in [9.17, 15) is 4.79 Å². The first kappa shape index (κ1) is 20.1. The molecule has 2 aromatic rings. The van der Waals surface area contributed by atoms with E-state index in [1.165, 1.54) is 31.2 Å². The first-order chi connectivity index (χ1) is 13.0. The van der Waals surface area contributed by atoms with Crippen LogP contribution in [-0.2, 0) is 0 Å². The molecule has 0 spiro atoms. The summed E-state index contributed by atoms with van der Waals surface area (Å²) in [5.74, 6) is 1.28. The van der Waals surface area contributed by atoms with Crippen LogP contribution in [0.25, 0.3) is 0 Å². The molecule has 1 N–H and O–H groups in total. The van der Waals surface area contributed by atoms with Crippen molar-refractivity contribution >= 4 is 21.8 Å². The Morgan fingerprint density at radius 3 is 2.41 bits per heavy atom. The lowest BCUT2D eigenvalue weighted by atomic mass is 9.76. The average molecular weight is 429 g/mol. The molecule has 0 bridgehead atoms.